The second-order valence-electron chi connectivity index (χ2n) is 6.28. The van der Waals surface area contributed by atoms with Crippen molar-refractivity contribution >= 4 is 29.3 Å². The zero-order chi connectivity index (χ0) is 19.2. The van der Waals surface area contributed by atoms with Crippen LogP contribution in [0.2, 0.25) is 0 Å². The molecule has 7 heteroatoms. The lowest BCUT2D eigenvalue weighted by atomic mass is 10.1. The Morgan fingerprint density at radius 3 is 2.70 bits per heavy atom. The molecule has 3 aromatic rings. The Morgan fingerprint density at radius 1 is 1.19 bits per heavy atom. The summed E-state index contributed by atoms with van der Waals surface area (Å²) in [5, 5.41) is 8.41. The number of hydrogen-bond donors (Lipinski definition) is 0. The minimum absolute atomic E-state index is 0.0867. The van der Waals surface area contributed by atoms with E-state index in [0.29, 0.717) is 22.6 Å². The highest BCUT2D eigenvalue weighted by molar-refractivity contribution is 7.99. The highest BCUT2D eigenvalue weighted by Crippen LogP contribution is 2.22. The molecule has 0 unspecified atom stereocenters. The lowest BCUT2D eigenvalue weighted by Crippen LogP contribution is -2.08. The summed E-state index contributed by atoms with van der Waals surface area (Å²) < 4.78 is 7.74. The van der Waals surface area contributed by atoms with Gasteiger partial charge in [-0.2, -0.15) is 11.8 Å². The largest absolute Gasteiger partial charge is 0.415 e. The van der Waals surface area contributed by atoms with E-state index in [1.54, 1.807) is 11.8 Å². The van der Waals surface area contributed by atoms with Crippen molar-refractivity contribution in [1.29, 1.82) is 0 Å². The summed E-state index contributed by atoms with van der Waals surface area (Å²) in [4.78, 5) is 12.7. The summed E-state index contributed by atoms with van der Waals surface area (Å²) in [6, 6.07) is 12.4. The first-order valence-corrected chi connectivity index (χ1v) is 11.1. The van der Waals surface area contributed by atoms with Gasteiger partial charge < -0.3 is 8.98 Å². The molecule has 0 bridgehead atoms. The Hall–Kier alpha value is -1.99. The first kappa shape index (κ1) is 19.8. The topological polar surface area (TPSA) is 60.9 Å². The molecule has 27 heavy (non-hydrogen) atoms. The van der Waals surface area contributed by atoms with Crippen LogP contribution in [-0.2, 0) is 18.7 Å². The summed E-state index contributed by atoms with van der Waals surface area (Å²) in [5.41, 5.74) is 4.20. The average molecular weight is 402 g/mol. The summed E-state index contributed by atoms with van der Waals surface area (Å²) in [7, 11) is 0. The van der Waals surface area contributed by atoms with Crippen LogP contribution in [-0.4, -0.2) is 32.6 Å². The van der Waals surface area contributed by atoms with Gasteiger partial charge in [0.15, 0.2) is 5.78 Å². The van der Waals surface area contributed by atoms with E-state index in [-0.39, 0.29) is 5.78 Å². The van der Waals surface area contributed by atoms with Crippen LogP contribution >= 0.6 is 23.5 Å². The van der Waals surface area contributed by atoms with Crippen molar-refractivity contribution in [1.82, 2.24) is 14.8 Å². The summed E-state index contributed by atoms with van der Waals surface area (Å²) >= 11 is 2.92. The molecule has 2 heterocycles. The highest BCUT2D eigenvalue weighted by atomic mass is 32.2. The van der Waals surface area contributed by atoms with Crippen LogP contribution in [0.15, 0.2) is 46.0 Å². The molecule has 0 radical (unpaired) electrons. The number of hydrogen-bond acceptors (Lipinski definition) is 6. The van der Waals surface area contributed by atoms with Gasteiger partial charge in [-0.1, -0.05) is 42.1 Å². The minimum atomic E-state index is 0.0867. The van der Waals surface area contributed by atoms with Gasteiger partial charge in [-0.25, -0.2) is 0 Å². The van der Waals surface area contributed by atoms with Crippen molar-refractivity contribution in [3.05, 3.63) is 64.8 Å². The molecule has 5 nitrogen and oxygen atoms in total. The first-order valence-electron chi connectivity index (χ1n) is 8.76. The molecular weight excluding hydrogens is 378 g/mol. The van der Waals surface area contributed by atoms with Gasteiger partial charge in [0.2, 0.25) is 5.89 Å². The molecule has 0 aliphatic rings. The van der Waals surface area contributed by atoms with Gasteiger partial charge >= 0.3 is 0 Å². The number of Topliss-reactive ketones (excluding diaryl/α,β-unsaturated/α-hetero) is 1. The maximum absolute atomic E-state index is 12.7. The number of rotatable bonds is 9. The average Bonchev–Trinajstić information content (AvgIpc) is 3.23. The predicted molar refractivity (Wildman–Crippen MR) is 111 cm³/mol. The fraction of sp³-hybridized carbons (Fsp3) is 0.350. The fourth-order valence-corrected chi connectivity index (χ4v) is 4.02. The van der Waals surface area contributed by atoms with Crippen molar-refractivity contribution in [2.24, 2.45) is 0 Å². The quantitative estimate of drug-likeness (QED) is 0.387. The zero-order valence-corrected chi connectivity index (χ0v) is 17.4. The maximum Gasteiger partial charge on any atom is 0.277 e. The predicted octanol–water partition coefficient (Wildman–Crippen LogP) is 4.57. The van der Waals surface area contributed by atoms with E-state index in [4.69, 9.17) is 4.42 Å². The second kappa shape index (κ2) is 9.28. The van der Waals surface area contributed by atoms with Gasteiger partial charge in [-0.15, -0.1) is 10.2 Å². The van der Waals surface area contributed by atoms with E-state index in [9.17, 15) is 4.79 Å². The van der Waals surface area contributed by atoms with Gasteiger partial charge in [-0.05, 0) is 38.2 Å². The van der Waals surface area contributed by atoms with Gasteiger partial charge in [0, 0.05) is 23.5 Å². The molecule has 0 aliphatic carbocycles. The third-order valence-electron chi connectivity index (χ3n) is 4.38. The van der Waals surface area contributed by atoms with Crippen LogP contribution < -0.4 is 0 Å². The van der Waals surface area contributed by atoms with Crippen LogP contribution in [0.25, 0.3) is 0 Å². The third-order valence-corrected chi connectivity index (χ3v) is 5.74. The Morgan fingerprint density at radius 2 is 1.96 bits per heavy atom. The Kier molecular flexibility index (Phi) is 6.79. The molecule has 3 rings (SSSR count). The number of aromatic nitrogens is 3. The molecule has 0 saturated heterocycles. The molecular formula is C20H23N3O2S2. The fourth-order valence-electron chi connectivity index (χ4n) is 3.00. The van der Waals surface area contributed by atoms with Crippen molar-refractivity contribution < 1.29 is 9.21 Å². The van der Waals surface area contributed by atoms with E-state index in [2.05, 4.69) is 46.0 Å². The van der Waals surface area contributed by atoms with Crippen molar-refractivity contribution in [3.8, 4) is 0 Å². The normalized spacial score (nSPS) is 11.1. The lowest BCUT2D eigenvalue weighted by Gasteiger charge is -2.10. The zero-order valence-electron chi connectivity index (χ0n) is 15.8. The standard InChI is InChI=1S/C20H23N3O2S2/c1-14-11-17(15(2)23(14)10-9-16-7-5-4-6-8-16)18(24)12-27-20-22-21-19(25-20)13-26-3/h4-8,11H,9-10,12-13H2,1-3H3. The molecule has 142 valence electrons. The number of carbonyl (C=O) groups is 1. The van der Waals surface area contributed by atoms with Gasteiger partial charge in [-0.3, -0.25) is 4.79 Å². The van der Waals surface area contributed by atoms with Crippen LogP contribution in [0, 0.1) is 13.8 Å². The Labute approximate surface area is 167 Å². The number of aryl methyl sites for hydroxylation is 2. The second-order valence-corrected chi connectivity index (χ2v) is 8.07. The van der Waals surface area contributed by atoms with Crippen molar-refractivity contribution in [2.75, 3.05) is 12.0 Å². The van der Waals surface area contributed by atoms with Crippen LogP contribution in [0.5, 0.6) is 0 Å². The minimum Gasteiger partial charge on any atom is -0.415 e. The van der Waals surface area contributed by atoms with Crippen molar-refractivity contribution in [2.45, 2.75) is 37.8 Å². The van der Waals surface area contributed by atoms with Gasteiger partial charge in [0.25, 0.3) is 5.22 Å². The number of carbonyl (C=O) groups excluding carboxylic acids is 1. The Bertz CT molecular complexity index is 903. The summed E-state index contributed by atoms with van der Waals surface area (Å²) in [5.74, 6) is 1.66. The molecule has 0 amide bonds. The van der Waals surface area contributed by atoms with E-state index in [0.717, 1.165) is 29.9 Å². The van der Waals surface area contributed by atoms with Crippen molar-refractivity contribution in [3.63, 3.8) is 0 Å². The van der Waals surface area contributed by atoms with Crippen LogP contribution in [0.4, 0.5) is 0 Å². The Balaban J connectivity index is 1.62. The molecule has 0 atom stereocenters. The molecule has 0 fully saturated rings. The molecule has 0 aliphatic heterocycles. The number of ketones is 1. The highest BCUT2D eigenvalue weighted by Gasteiger charge is 2.17. The SMILES string of the molecule is CSCc1nnc(SCC(=O)c2cc(C)n(CCc3ccccc3)c2C)o1. The molecule has 0 spiro atoms. The summed E-state index contributed by atoms with van der Waals surface area (Å²) in [6.07, 6.45) is 2.92. The third kappa shape index (κ3) is 5.05. The maximum atomic E-state index is 12.7. The molecule has 0 N–H and O–H groups in total. The van der Waals surface area contributed by atoms with Gasteiger partial charge in [0.05, 0.1) is 11.5 Å². The molecule has 0 saturated carbocycles. The number of nitrogens with zero attached hydrogens (tertiary/aromatic N) is 3. The first-order chi connectivity index (χ1) is 13.1. The van der Waals surface area contributed by atoms with Crippen LogP contribution in [0.1, 0.15) is 33.2 Å². The molecule has 1 aromatic carbocycles. The lowest BCUT2D eigenvalue weighted by molar-refractivity contribution is 0.102. The van der Waals surface area contributed by atoms with E-state index < -0.39 is 0 Å². The number of benzene rings is 1. The number of thioether (sulfide) groups is 2. The van der Waals surface area contributed by atoms with E-state index in [1.807, 2.05) is 25.3 Å². The monoisotopic (exact) mass is 401 g/mol. The summed E-state index contributed by atoms with van der Waals surface area (Å²) in [6.45, 7) is 4.93. The molecule has 2 aromatic heterocycles. The van der Waals surface area contributed by atoms with E-state index >= 15 is 0 Å². The van der Waals surface area contributed by atoms with E-state index in [1.165, 1.54) is 17.3 Å². The van der Waals surface area contributed by atoms with Gasteiger partial charge in [0.1, 0.15) is 0 Å². The smallest absolute Gasteiger partial charge is 0.277 e. The van der Waals surface area contributed by atoms with Crippen LogP contribution in [0.3, 0.4) is 0 Å².